The molecule has 3 N–H and O–H groups in total. The molecule has 0 spiro atoms. The maximum absolute atomic E-state index is 13.0. The van der Waals surface area contributed by atoms with Crippen LogP contribution in [-0.4, -0.2) is 6.04 Å². The Balaban J connectivity index is 2.91. The molecule has 0 saturated heterocycles. The molecule has 0 amide bonds. The second kappa shape index (κ2) is 7.01. The smallest absolute Gasteiger partial charge is 0.123 e. The van der Waals surface area contributed by atoms with Crippen LogP contribution in [0.3, 0.4) is 0 Å². The van der Waals surface area contributed by atoms with E-state index in [9.17, 15) is 4.39 Å². The average Bonchev–Trinajstić information content (AvgIpc) is 2.40. The van der Waals surface area contributed by atoms with Gasteiger partial charge in [0, 0.05) is 11.5 Å². The van der Waals surface area contributed by atoms with Crippen molar-refractivity contribution >= 4 is 0 Å². The second-order valence-corrected chi connectivity index (χ2v) is 5.87. The number of halogens is 1. The lowest BCUT2D eigenvalue weighted by Crippen LogP contribution is -2.49. The molecule has 0 fully saturated rings. The first kappa shape index (κ1) is 16.1. The van der Waals surface area contributed by atoms with Crippen LogP contribution in [0, 0.1) is 11.7 Å². The maximum atomic E-state index is 13.0. The van der Waals surface area contributed by atoms with Gasteiger partial charge in [-0.15, -0.1) is 0 Å². The zero-order chi connectivity index (χ0) is 14.5. The summed E-state index contributed by atoms with van der Waals surface area (Å²) in [4.78, 5) is 0. The first-order valence-corrected chi connectivity index (χ1v) is 7.17. The van der Waals surface area contributed by atoms with Gasteiger partial charge in [0.2, 0.25) is 0 Å². The molecule has 1 atom stereocenters. The Morgan fingerprint density at radius 3 is 2.11 bits per heavy atom. The van der Waals surface area contributed by atoms with Gasteiger partial charge in [-0.05, 0) is 30.0 Å². The molecule has 0 aliphatic rings. The molecule has 0 aliphatic heterocycles. The van der Waals surface area contributed by atoms with Gasteiger partial charge in [0.1, 0.15) is 5.82 Å². The van der Waals surface area contributed by atoms with Crippen LogP contribution in [-0.2, 0) is 5.41 Å². The first-order chi connectivity index (χ1) is 8.95. The van der Waals surface area contributed by atoms with Crippen LogP contribution >= 0.6 is 0 Å². The van der Waals surface area contributed by atoms with Crippen molar-refractivity contribution in [1.82, 2.24) is 5.43 Å². The molecule has 2 nitrogen and oxygen atoms in total. The number of hydrazine groups is 1. The minimum Gasteiger partial charge on any atom is -0.271 e. The van der Waals surface area contributed by atoms with Gasteiger partial charge in [-0.25, -0.2) is 4.39 Å². The first-order valence-electron chi connectivity index (χ1n) is 7.17. The summed E-state index contributed by atoms with van der Waals surface area (Å²) in [5.41, 5.74) is 3.95. The highest BCUT2D eigenvalue weighted by atomic mass is 19.1. The van der Waals surface area contributed by atoms with E-state index in [0.29, 0.717) is 5.92 Å². The summed E-state index contributed by atoms with van der Waals surface area (Å²) in [5, 5.41) is 0. The van der Waals surface area contributed by atoms with Crippen molar-refractivity contribution < 1.29 is 4.39 Å². The standard InChI is InChI=1S/C16H27FN2/c1-5-12(6-2)11-15(19-18)16(3,4)13-7-9-14(17)10-8-13/h7-10,12,15,19H,5-6,11,18H2,1-4H3. The number of hydrogen-bond donors (Lipinski definition) is 2. The molecular formula is C16H27FN2. The van der Waals surface area contributed by atoms with Gasteiger partial charge in [0.05, 0.1) is 0 Å². The summed E-state index contributed by atoms with van der Waals surface area (Å²) < 4.78 is 13.0. The summed E-state index contributed by atoms with van der Waals surface area (Å²) >= 11 is 0. The van der Waals surface area contributed by atoms with Gasteiger partial charge in [-0.2, -0.15) is 0 Å². The summed E-state index contributed by atoms with van der Waals surface area (Å²) in [5.74, 6) is 6.23. The minimum absolute atomic E-state index is 0.120. The fraction of sp³-hybridized carbons (Fsp3) is 0.625. The van der Waals surface area contributed by atoms with Crippen molar-refractivity contribution in [2.45, 2.75) is 58.4 Å². The molecule has 1 aromatic rings. The molecule has 108 valence electrons. The van der Waals surface area contributed by atoms with E-state index in [2.05, 4.69) is 33.1 Å². The van der Waals surface area contributed by atoms with Crippen LogP contribution in [0.1, 0.15) is 52.5 Å². The van der Waals surface area contributed by atoms with Crippen molar-refractivity contribution in [3.05, 3.63) is 35.6 Å². The van der Waals surface area contributed by atoms with Crippen LogP contribution in [0.4, 0.5) is 4.39 Å². The third-order valence-corrected chi connectivity index (χ3v) is 4.38. The van der Waals surface area contributed by atoms with Gasteiger partial charge < -0.3 is 0 Å². The van der Waals surface area contributed by atoms with Crippen molar-refractivity contribution in [3.63, 3.8) is 0 Å². The van der Waals surface area contributed by atoms with Crippen LogP contribution < -0.4 is 11.3 Å². The summed E-state index contributed by atoms with van der Waals surface area (Å²) in [7, 11) is 0. The topological polar surface area (TPSA) is 38.0 Å². The quantitative estimate of drug-likeness (QED) is 0.582. The Kier molecular flexibility index (Phi) is 5.95. The number of nitrogens with two attached hydrogens (primary N) is 1. The molecule has 0 heterocycles. The SMILES string of the molecule is CCC(CC)CC(NN)C(C)(C)c1ccc(F)cc1. The second-order valence-electron chi connectivity index (χ2n) is 5.87. The predicted octanol–water partition coefficient (Wildman–Crippen LogP) is 3.76. The summed E-state index contributed by atoms with van der Waals surface area (Å²) in [6.45, 7) is 8.75. The van der Waals surface area contributed by atoms with E-state index in [1.807, 2.05) is 12.1 Å². The van der Waals surface area contributed by atoms with E-state index in [0.717, 1.165) is 24.8 Å². The van der Waals surface area contributed by atoms with Crippen molar-refractivity contribution in [1.29, 1.82) is 0 Å². The van der Waals surface area contributed by atoms with E-state index in [1.54, 1.807) is 0 Å². The lowest BCUT2D eigenvalue weighted by molar-refractivity contribution is 0.273. The molecule has 0 aliphatic carbocycles. The van der Waals surface area contributed by atoms with Crippen molar-refractivity contribution in [3.8, 4) is 0 Å². The lowest BCUT2D eigenvalue weighted by Gasteiger charge is -2.36. The van der Waals surface area contributed by atoms with Gasteiger partial charge in [-0.1, -0.05) is 52.7 Å². The number of rotatable bonds is 7. The number of hydrogen-bond acceptors (Lipinski definition) is 2. The van der Waals surface area contributed by atoms with Crippen LogP contribution in [0.5, 0.6) is 0 Å². The lowest BCUT2D eigenvalue weighted by atomic mass is 9.74. The molecule has 3 heteroatoms. The average molecular weight is 266 g/mol. The summed E-state index contributed by atoms with van der Waals surface area (Å²) in [6, 6.07) is 6.92. The molecule has 1 unspecified atom stereocenters. The third-order valence-electron chi connectivity index (χ3n) is 4.38. The van der Waals surface area contributed by atoms with Crippen LogP contribution in [0.15, 0.2) is 24.3 Å². The number of nitrogens with one attached hydrogen (secondary N) is 1. The van der Waals surface area contributed by atoms with Crippen molar-refractivity contribution in [2.75, 3.05) is 0 Å². The maximum Gasteiger partial charge on any atom is 0.123 e. The third kappa shape index (κ3) is 4.02. The molecule has 0 saturated carbocycles. The van der Waals surface area contributed by atoms with Gasteiger partial charge in [0.15, 0.2) is 0 Å². The minimum atomic E-state index is -0.197. The molecule has 0 aromatic heterocycles. The zero-order valence-corrected chi connectivity index (χ0v) is 12.5. The van der Waals surface area contributed by atoms with E-state index in [-0.39, 0.29) is 17.3 Å². The summed E-state index contributed by atoms with van der Waals surface area (Å²) in [6.07, 6.45) is 3.36. The molecular weight excluding hydrogens is 239 g/mol. The zero-order valence-electron chi connectivity index (χ0n) is 12.5. The molecule has 1 rings (SSSR count). The highest BCUT2D eigenvalue weighted by molar-refractivity contribution is 5.26. The predicted molar refractivity (Wildman–Crippen MR) is 79.2 cm³/mol. The van der Waals surface area contributed by atoms with E-state index < -0.39 is 0 Å². The number of benzene rings is 1. The van der Waals surface area contributed by atoms with Gasteiger partial charge >= 0.3 is 0 Å². The molecule has 0 radical (unpaired) electrons. The largest absolute Gasteiger partial charge is 0.271 e. The van der Waals surface area contributed by atoms with E-state index in [1.165, 1.54) is 12.1 Å². The highest BCUT2D eigenvalue weighted by Gasteiger charge is 2.31. The Hall–Kier alpha value is -0.930. The molecule has 0 bridgehead atoms. The normalized spacial score (nSPS) is 13.8. The van der Waals surface area contributed by atoms with E-state index in [4.69, 9.17) is 5.84 Å². The van der Waals surface area contributed by atoms with Gasteiger partial charge in [0.25, 0.3) is 0 Å². The van der Waals surface area contributed by atoms with Crippen LogP contribution in [0.25, 0.3) is 0 Å². The fourth-order valence-corrected chi connectivity index (χ4v) is 2.61. The van der Waals surface area contributed by atoms with Gasteiger partial charge in [-0.3, -0.25) is 11.3 Å². The fourth-order valence-electron chi connectivity index (χ4n) is 2.61. The Bertz CT molecular complexity index is 369. The molecule has 19 heavy (non-hydrogen) atoms. The van der Waals surface area contributed by atoms with E-state index >= 15 is 0 Å². The monoisotopic (exact) mass is 266 g/mol. The van der Waals surface area contributed by atoms with Crippen LogP contribution in [0.2, 0.25) is 0 Å². The Labute approximate surface area is 116 Å². The van der Waals surface area contributed by atoms with Crippen molar-refractivity contribution in [2.24, 2.45) is 11.8 Å². The highest BCUT2D eigenvalue weighted by Crippen LogP contribution is 2.31. The Morgan fingerprint density at radius 2 is 1.68 bits per heavy atom. The Morgan fingerprint density at radius 1 is 1.16 bits per heavy atom. The molecule has 1 aromatic carbocycles.